The van der Waals surface area contributed by atoms with Crippen molar-refractivity contribution in [2.75, 3.05) is 6.54 Å². The number of aliphatic hydroxyl groups is 1. The number of nitrogens with zero attached hydrogens (tertiary/aromatic N) is 1. The van der Waals surface area contributed by atoms with Crippen LogP contribution >= 0.6 is 0 Å². The van der Waals surface area contributed by atoms with Gasteiger partial charge in [0.25, 0.3) is 0 Å². The summed E-state index contributed by atoms with van der Waals surface area (Å²) in [6, 6.07) is -0.890. The highest BCUT2D eigenvalue weighted by Gasteiger charge is 2.15. The first-order valence-electron chi connectivity index (χ1n) is 5.77. The molecule has 1 rings (SSSR count). The Balaban J connectivity index is 2.29. The van der Waals surface area contributed by atoms with Gasteiger partial charge in [0.1, 0.15) is 11.8 Å². The molecule has 0 saturated carbocycles. The molecule has 0 radical (unpaired) electrons. The number of urea groups is 1. The summed E-state index contributed by atoms with van der Waals surface area (Å²) in [6.07, 6.45) is 0.0104. The van der Waals surface area contributed by atoms with Crippen molar-refractivity contribution in [3.05, 3.63) is 17.8 Å². The fourth-order valence-electron chi connectivity index (χ4n) is 1.33. The van der Waals surface area contributed by atoms with Crippen LogP contribution in [0.3, 0.4) is 0 Å². The van der Waals surface area contributed by atoms with Gasteiger partial charge in [0.2, 0.25) is 5.89 Å². The number of carbonyl (C=O) groups excluding carboxylic acids is 1. The topological polar surface area (TPSA) is 125 Å². The molecule has 4 N–H and O–H groups in total. The van der Waals surface area contributed by atoms with Crippen molar-refractivity contribution in [1.82, 2.24) is 15.6 Å². The van der Waals surface area contributed by atoms with Crippen LogP contribution in [-0.4, -0.2) is 39.8 Å². The first-order valence-corrected chi connectivity index (χ1v) is 5.77. The third kappa shape index (κ3) is 4.96. The van der Waals surface area contributed by atoms with Gasteiger partial charge >= 0.3 is 12.0 Å². The van der Waals surface area contributed by atoms with Crippen LogP contribution in [0.15, 0.2) is 10.6 Å². The zero-order chi connectivity index (χ0) is 14.4. The first kappa shape index (κ1) is 15.0. The van der Waals surface area contributed by atoms with E-state index in [0.29, 0.717) is 11.7 Å². The van der Waals surface area contributed by atoms with E-state index < -0.39 is 24.1 Å². The molecule has 0 spiro atoms. The molecule has 8 nitrogen and oxygen atoms in total. The van der Waals surface area contributed by atoms with Crippen LogP contribution in [0.4, 0.5) is 4.79 Å². The van der Waals surface area contributed by atoms with Crippen molar-refractivity contribution in [2.24, 2.45) is 0 Å². The summed E-state index contributed by atoms with van der Waals surface area (Å²) in [5.41, 5.74) is 0. The van der Waals surface area contributed by atoms with Crippen molar-refractivity contribution in [3.63, 3.8) is 0 Å². The van der Waals surface area contributed by atoms with E-state index in [1.54, 1.807) is 20.0 Å². The number of hydrogen-bond donors (Lipinski definition) is 4. The average molecular weight is 271 g/mol. The Bertz CT molecular complexity index is 445. The number of oxazole rings is 1. The largest absolute Gasteiger partial charge is 0.479 e. The second-order valence-electron chi connectivity index (χ2n) is 4.07. The van der Waals surface area contributed by atoms with E-state index in [0.717, 1.165) is 0 Å². The Morgan fingerprint density at radius 3 is 2.74 bits per heavy atom. The summed E-state index contributed by atoms with van der Waals surface area (Å²) in [6.45, 7) is 3.50. The lowest BCUT2D eigenvalue weighted by Gasteiger charge is -2.12. The monoisotopic (exact) mass is 271 g/mol. The third-order valence-electron chi connectivity index (χ3n) is 2.35. The molecular formula is C11H17N3O5. The molecule has 0 saturated heterocycles. The Morgan fingerprint density at radius 1 is 1.53 bits per heavy atom. The van der Waals surface area contributed by atoms with E-state index in [1.807, 2.05) is 0 Å². The van der Waals surface area contributed by atoms with E-state index in [1.165, 1.54) is 0 Å². The van der Waals surface area contributed by atoms with Crippen molar-refractivity contribution >= 4 is 12.0 Å². The fourth-order valence-corrected chi connectivity index (χ4v) is 1.33. The quantitative estimate of drug-likeness (QED) is 0.585. The van der Waals surface area contributed by atoms with Gasteiger partial charge in [-0.3, -0.25) is 0 Å². The number of aromatic nitrogens is 1. The summed E-state index contributed by atoms with van der Waals surface area (Å²) in [5, 5.41) is 22.5. The molecule has 1 unspecified atom stereocenters. The van der Waals surface area contributed by atoms with Gasteiger partial charge in [-0.05, 0) is 13.8 Å². The molecule has 106 valence electrons. The second kappa shape index (κ2) is 6.74. The number of aliphatic hydroxyl groups excluding tert-OH is 1. The van der Waals surface area contributed by atoms with Crippen LogP contribution in [0.25, 0.3) is 0 Å². The standard InChI is InChI=1S/C11H17N3O5/c1-6-5-13-9(19-6)7(2)14-11(18)12-4-3-8(15)10(16)17/h5,7-8,15H,3-4H2,1-2H3,(H,16,17)(H2,12,14,18)/t7?,8-/m0/s1. The highest BCUT2D eigenvalue weighted by atomic mass is 16.4. The summed E-state index contributed by atoms with van der Waals surface area (Å²) >= 11 is 0. The molecule has 19 heavy (non-hydrogen) atoms. The van der Waals surface area contributed by atoms with Crippen LogP contribution in [0, 0.1) is 6.92 Å². The second-order valence-corrected chi connectivity index (χ2v) is 4.07. The van der Waals surface area contributed by atoms with E-state index >= 15 is 0 Å². The number of amides is 2. The molecule has 2 amide bonds. The smallest absolute Gasteiger partial charge is 0.332 e. The van der Waals surface area contributed by atoms with Crippen molar-refractivity contribution in [3.8, 4) is 0 Å². The zero-order valence-electron chi connectivity index (χ0n) is 10.7. The van der Waals surface area contributed by atoms with Crippen LogP contribution < -0.4 is 10.6 Å². The molecule has 0 fully saturated rings. The highest BCUT2D eigenvalue weighted by Crippen LogP contribution is 2.11. The normalized spacial score (nSPS) is 13.6. The van der Waals surface area contributed by atoms with Gasteiger partial charge in [0.05, 0.1) is 6.20 Å². The zero-order valence-corrected chi connectivity index (χ0v) is 10.7. The summed E-state index contributed by atoms with van der Waals surface area (Å²) in [7, 11) is 0. The maximum absolute atomic E-state index is 11.5. The number of carboxylic acids is 1. The molecule has 0 aliphatic heterocycles. The molecule has 0 aliphatic carbocycles. The number of aliphatic carboxylic acids is 1. The third-order valence-corrected chi connectivity index (χ3v) is 2.35. The molecule has 1 aromatic heterocycles. The predicted molar refractivity (Wildman–Crippen MR) is 64.4 cm³/mol. The lowest BCUT2D eigenvalue weighted by molar-refractivity contribution is -0.146. The van der Waals surface area contributed by atoms with Crippen LogP contribution in [-0.2, 0) is 4.79 Å². The van der Waals surface area contributed by atoms with Gasteiger partial charge in [-0.25, -0.2) is 14.6 Å². The minimum absolute atomic E-state index is 0.0522. The van der Waals surface area contributed by atoms with E-state index in [2.05, 4.69) is 15.6 Å². The van der Waals surface area contributed by atoms with Gasteiger partial charge < -0.3 is 25.3 Å². The number of hydrogen-bond acceptors (Lipinski definition) is 5. The van der Waals surface area contributed by atoms with E-state index in [4.69, 9.17) is 14.6 Å². The lowest BCUT2D eigenvalue weighted by Crippen LogP contribution is -2.39. The molecule has 0 bridgehead atoms. The lowest BCUT2D eigenvalue weighted by atomic mass is 10.2. The summed E-state index contributed by atoms with van der Waals surface area (Å²) in [5.74, 6) is -0.280. The maximum atomic E-state index is 11.5. The van der Waals surface area contributed by atoms with Gasteiger partial charge in [-0.15, -0.1) is 0 Å². The number of aryl methyl sites for hydroxylation is 1. The Hall–Kier alpha value is -2.09. The maximum Gasteiger partial charge on any atom is 0.332 e. The summed E-state index contributed by atoms with van der Waals surface area (Å²) in [4.78, 5) is 25.8. The van der Waals surface area contributed by atoms with Crippen molar-refractivity contribution in [2.45, 2.75) is 32.4 Å². The van der Waals surface area contributed by atoms with E-state index in [-0.39, 0.29) is 13.0 Å². The number of carboxylic acid groups (broad SMARTS) is 1. The first-order chi connectivity index (χ1) is 8.90. The van der Waals surface area contributed by atoms with Gasteiger partial charge in [0, 0.05) is 13.0 Å². The molecule has 1 heterocycles. The van der Waals surface area contributed by atoms with Crippen molar-refractivity contribution in [1.29, 1.82) is 0 Å². The van der Waals surface area contributed by atoms with Gasteiger partial charge in [-0.1, -0.05) is 0 Å². The number of carbonyl (C=O) groups is 2. The summed E-state index contributed by atoms with van der Waals surface area (Å²) < 4.78 is 5.25. The van der Waals surface area contributed by atoms with Crippen LogP contribution in [0.2, 0.25) is 0 Å². The number of nitrogens with one attached hydrogen (secondary N) is 2. The molecule has 2 atom stereocenters. The Morgan fingerprint density at radius 2 is 2.21 bits per heavy atom. The average Bonchev–Trinajstić information content (AvgIpc) is 2.75. The van der Waals surface area contributed by atoms with Crippen LogP contribution in [0.5, 0.6) is 0 Å². The molecule has 1 aromatic rings. The van der Waals surface area contributed by atoms with Crippen LogP contribution in [0.1, 0.15) is 31.0 Å². The minimum atomic E-state index is -1.48. The minimum Gasteiger partial charge on any atom is -0.479 e. The molecule has 0 aliphatic rings. The molecule has 8 heteroatoms. The SMILES string of the molecule is Cc1cnc(C(C)NC(=O)NCC[C@H](O)C(=O)O)o1. The highest BCUT2D eigenvalue weighted by molar-refractivity contribution is 5.74. The molecular weight excluding hydrogens is 254 g/mol. The number of rotatable bonds is 6. The van der Waals surface area contributed by atoms with E-state index in [9.17, 15) is 9.59 Å². The van der Waals surface area contributed by atoms with Gasteiger partial charge in [0.15, 0.2) is 6.10 Å². The fraction of sp³-hybridized carbons (Fsp3) is 0.545. The Labute approximate surface area is 109 Å². The Kier molecular flexibility index (Phi) is 5.31. The van der Waals surface area contributed by atoms with Crippen molar-refractivity contribution < 1.29 is 24.2 Å². The predicted octanol–water partition coefficient (Wildman–Crippen LogP) is 0.179. The van der Waals surface area contributed by atoms with Gasteiger partial charge in [-0.2, -0.15) is 0 Å². The molecule has 0 aromatic carbocycles.